The molecule has 0 saturated carbocycles. The topological polar surface area (TPSA) is 65.6 Å². The third-order valence-electron chi connectivity index (χ3n) is 7.07. The fraction of sp³-hybridized carbons (Fsp3) is 0.156. The van der Waals surface area contributed by atoms with Crippen molar-refractivity contribution in [2.24, 2.45) is 4.99 Å². The standard InChI is InChI=1S/C32H25BrClN3O3S/c1-3-40-31(39)28-19(2)35-32-37(29(28)21-10-14-24(34)15-11-21)30(38)27(41-32)16-22-18-36(26-7-5-4-6-25(22)26)17-20-8-12-23(33)13-9-20/h4-16,18,29H,3,17H2,1-2H3/b27-16+/t29-/m1/s1. The van der Waals surface area contributed by atoms with Crippen molar-refractivity contribution in [2.45, 2.75) is 26.4 Å². The third-order valence-corrected chi connectivity index (χ3v) is 8.84. The molecule has 0 saturated heterocycles. The van der Waals surface area contributed by atoms with E-state index in [1.807, 2.05) is 42.5 Å². The second-order valence-electron chi connectivity index (χ2n) is 9.71. The van der Waals surface area contributed by atoms with Crippen LogP contribution in [-0.2, 0) is 16.1 Å². The van der Waals surface area contributed by atoms with E-state index in [1.54, 1.807) is 30.5 Å². The van der Waals surface area contributed by atoms with Crippen LogP contribution in [0.3, 0.4) is 0 Å². The fourth-order valence-corrected chi connectivity index (χ4v) is 6.63. The molecular formula is C32H25BrClN3O3S. The highest BCUT2D eigenvalue weighted by Crippen LogP contribution is 2.31. The van der Waals surface area contributed by atoms with Crippen molar-refractivity contribution in [1.29, 1.82) is 0 Å². The average molecular weight is 647 g/mol. The molecule has 6 rings (SSSR count). The molecular weight excluding hydrogens is 622 g/mol. The number of esters is 1. The first-order valence-electron chi connectivity index (χ1n) is 13.1. The number of carbonyl (C=O) groups excluding carboxylic acids is 1. The number of hydrogen-bond donors (Lipinski definition) is 0. The van der Waals surface area contributed by atoms with Gasteiger partial charge in [-0.2, -0.15) is 0 Å². The first kappa shape index (κ1) is 27.4. The van der Waals surface area contributed by atoms with Crippen LogP contribution in [0.2, 0.25) is 5.02 Å². The molecule has 0 fully saturated rings. The summed E-state index contributed by atoms with van der Waals surface area (Å²) in [4.78, 5) is 32.4. The number of para-hydroxylation sites is 1. The van der Waals surface area contributed by atoms with Crippen molar-refractivity contribution in [3.05, 3.63) is 136 Å². The number of hydrogen-bond acceptors (Lipinski definition) is 5. The first-order chi connectivity index (χ1) is 19.8. The zero-order valence-corrected chi connectivity index (χ0v) is 25.5. The van der Waals surface area contributed by atoms with Gasteiger partial charge in [-0.15, -0.1) is 0 Å². The van der Waals surface area contributed by atoms with Gasteiger partial charge in [-0.1, -0.05) is 81.3 Å². The van der Waals surface area contributed by atoms with Gasteiger partial charge in [0.1, 0.15) is 0 Å². The molecule has 0 aliphatic carbocycles. The second kappa shape index (κ2) is 11.3. The van der Waals surface area contributed by atoms with Gasteiger partial charge in [-0.05, 0) is 61.4 Å². The number of aromatic nitrogens is 2. The lowest BCUT2D eigenvalue weighted by Gasteiger charge is -2.24. The summed E-state index contributed by atoms with van der Waals surface area (Å²) in [6, 6.07) is 22.9. The largest absolute Gasteiger partial charge is 0.463 e. The minimum Gasteiger partial charge on any atom is -0.463 e. The maximum atomic E-state index is 14.0. The number of benzene rings is 3. The molecule has 1 aliphatic heterocycles. The van der Waals surface area contributed by atoms with Crippen LogP contribution in [0.1, 0.15) is 36.6 Å². The Balaban J connectivity index is 1.51. The van der Waals surface area contributed by atoms with Crippen molar-refractivity contribution in [2.75, 3.05) is 6.61 Å². The molecule has 3 aromatic carbocycles. The minimum absolute atomic E-state index is 0.215. The Kier molecular flexibility index (Phi) is 7.55. The molecule has 2 aromatic heterocycles. The van der Waals surface area contributed by atoms with Crippen LogP contribution >= 0.6 is 38.9 Å². The highest BCUT2D eigenvalue weighted by Gasteiger charge is 2.33. The van der Waals surface area contributed by atoms with Crippen molar-refractivity contribution < 1.29 is 9.53 Å². The van der Waals surface area contributed by atoms with Crippen molar-refractivity contribution in [3.63, 3.8) is 0 Å². The Morgan fingerprint density at radius 2 is 1.83 bits per heavy atom. The molecule has 41 heavy (non-hydrogen) atoms. The highest BCUT2D eigenvalue weighted by molar-refractivity contribution is 9.10. The Bertz CT molecular complexity index is 2000. The smallest absolute Gasteiger partial charge is 0.338 e. The summed E-state index contributed by atoms with van der Waals surface area (Å²) < 4.78 is 10.7. The Labute approximate surface area is 253 Å². The number of halogens is 2. The van der Waals surface area contributed by atoms with Crippen molar-refractivity contribution in [3.8, 4) is 0 Å². The van der Waals surface area contributed by atoms with Crippen LogP contribution < -0.4 is 14.9 Å². The van der Waals surface area contributed by atoms with Crippen LogP contribution in [-0.4, -0.2) is 21.7 Å². The first-order valence-corrected chi connectivity index (χ1v) is 15.1. The maximum absolute atomic E-state index is 14.0. The van der Waals surface area contributed by atoms with E-state index in [1.165, 1.54) is 16.9 Å². The number of rotatable bonds is 6. The zero-order chi connectivity index (χ0) is 28.7. The van der Waals surface area contributed by atoms with Crippen LogP contribution in [0, 0.1) is 0 Å². The van der Waals surface area contributed by atoms with Gasteiger partial charge in [0, 0.05) is 38.7 Å². The van der Waals surface area contributed by atoms with Crippen LogP contribution in [0.25, 0.3) is 17.0 Å². The number of ether oxygens (including phenoxy) is 1. The molecule has 0 radical (unpaired) electrons. The predicted octanol–water partition coefficient (Wildman–Crippen LogP) is 6.22. The predicted molar refractivity (Wildman–Crippen MR) is 167 cm³/mol. The van der Waals surface area contributed by atoms with Gasteiger partial charge in [0.2, 0.25) is 0 Å². The summed E-state index contributed by atoms with van der Waals surface area (Å²) >= 11 is 11.0. The quantitative estimate of drug-likeness (QED) is 0.206. The van der Waals surface area contributed by atoms with E-state index in [-0.39, 0.29) is 12.2 Å². The van der Waals surface area contributed by atoms with E-state index in [0.717, 1.165) is 26.5 Å². The summed E-state index contributed by atoms with van der Waals surface area (Å²) in [5.74, 6) is -0.487. The molecule has 0 N–H and O–H groups in total. The summed E-state index contributed by atoms with van der Waals surface area (Å²) in [5, 5.41) is 1.62. The van der Waals surface area contributed by atoms with E-state index in [4.69, 9.17) is 16.3 Å². The molecule has 6 nitrogen and oxygen atoms in total. The Hall–Kier alpha value is -3.72. The molecule has 0 amide bonds. The Morgan fingerprint density at radius 1 is 1.10 bits per heavy atom. The number of nitrogens with zero attached hydrogens (tertiary/aromatic N) is 3. The molecule has 206 valence electrons. The average Bonchev–Trinajstić information content (AvgIpc) is 3.46. The van der Waals surface area contributed by atoms with Gasteiger partial charge in [0.05, 0.1) is 28.5 Å². The van der Waals surface area contributed by atoms with Gasteiger partial charge in [-0.25, -0.2) is 9.79 Å². The number of thiazole rings is 1. The lowest BCUT2D eigenvalue weighted by atomic mass is 9.96. The number of carbonyl (C=O) groups is 1. The van der Waals surface area contributed by atoms with E-state index >= 15 is 0 Å². The summed E-state index contributed by atoms with van der Waals surface area (Å²) in [6.07, 6.45) is 4.00. The summed E-state index contributed by atoms with van der Waals surface area (Å²) in [6.45, 7) is 4.45. The summed E-state index contributed by atoms with van der Waals surface area (Å²) in [7, 11) is 0. The van der Waals surface area contributed by atoms with E-state index in [9.17, 15) is 9.59 Å². The lowest BCUT2D eigenvalue weighted by Crippen LogP contribution is -2.39. The molecule has 1 aliphatic rings. The number of fused-ring (bicyclic) bond motifs is 2. The molecule has 0 bridgehead atoms. The lowest BCUT2D eigenvalue weighted by molar-refractivity contribution is -0.139. The maximum Gasteiger partial charge on any atom is 0.338 e. The Morgan fingerprint density at radius 3 is 2.56 bits per heavy atom. The van der Waals surface area contributed by atoms with E-state index in [0.29, 0.717) is 32.2 Å². The van der Waals surface area contributed by atoms with E-state index < -0.39 is 12.0 Å². The monoisotopic (exact) mass is 645 g/mol. The SMILES string of the molecule is CCOC(=O)C1=C(C)N=c2s/c(=C/c3cn(Cc4ccc(Br)cc4)c4ccccc34)c(=O)n2[C@@H]1c1ccc(Cl)cc1. The normalized spacial score (nSPS) is 15.2. The molecule has 5 aromatic rings. The molecule has 0 spiro atoms. The highest BCUT2D eigenvalue weighted by atomic mass is 79.9. The van der Waals surface area contributed by atoms with Gasteiger partial charge in [0.15, 0.2) is 4.80 Å². The van der Waals surface area contributed by atoms with Crippen LogP contribution in [0.5, 0.6) is 0 Å². The summed E-state index contributed by atoms with van der Waals surface area (Å²) in [5.41, 5.74) is 4.60. The van der Waals surface area contributed by atoms with E-state index in [2.05, 4.69) is 56.0 Å². The van der Waals surface area contributed by atoms with Gasteiger partial charge in [0.25, 0.3) is 5.56 Å². The van der Waals surface area contributed by atoms with Gasteiger partial charge >= 0.3 is 5.97 Å². The van der Waals surface area contributed by atoms with Gasteiger partial charge in [-0.3, -0.25) is 9.36 Å². The van der Waals surface area contributed by atoms with Crippen LogP contribution in [0.15, 0.2) is 105 Å². The molecule has 1 atom stereocenters. The molecule has 0 unspecified atom stereocenters. The number of allylic oxidation sites excluding steroid dienone is 1. The van der Waals surface area contributed by atoms with Crippen molar-refractivity contribution in [1.82, 2.24) is 9.13 Å². The molecule has 3 heterocycles. The molecule has 9 heteroatoms. The fourth-order valence-electron chi connectivity index (χ4n) is 5.20. The van der Waals surface area contributed by atoms with Gasteiger partial charge < -0.3 is 9.30 Å². The minimum atomic E-state index is -0.677. The van der Waals surface area contributed by atoms with Crippen molar-refractivity contribution >= 4 is 61.8 Å². The second-order valence-corrected chi connectivity index (χ2v) is 12.1. The van der Waals surface area contributed by atoms with Crippen LogP contribution in [0.4, 0.5) is 0 Å². The zero-order valence-electron chi connectivity index (χ0n) is 22.3. The third kappa shape index (κ3) is 5.23.